The van der Waals surface area contributed by atoms with Gasteiger partial charge < -0.3 is 14.5 Å². The SMILES string of the molecule is CN(C)c1ccc(OC2CCN(C(=O)CCl)C2)nn1. The predicted molar refractivity (Wildman–Crippen MR) is 72.7 cm³/mol. The number of ether oxygens (including phenoxy) is 1. The van der Waals surface area contributed by atoms with Crippen molar-refractivity contribution in [1.29, 1.82) is 0 Å². The van der Waals surface area contributed by atoms with Crippen molar-refractivity contribution in [1.82, 2.24) is 15.1 Å². The summed E-state index contributed by atoms with van der Waals surface area (Å²) in [7, 11) is 3.80. The third kappa shape index (κ3) is 3.47. The van der Waals surface area contributed by atoms with Crippen LogP contribution >= 0.6 is 11.6 Å². The molecule has 2 heterocycles. The second-order valence-electron chi connectivity index (χ2n) is 4.63. The molecule has 1 aliphatic heterocycles. The summed E-state index contributed by atoms with van der Waals surface area (Å²) >= 11 is 5.53. The van der Waals surface area contributed by atoms with Crippen molar-refractivity contribution < 1.29 is 9.53 Å². The molecular weight excluding hydrogens is 268 g/mol. The first-order valence-corrected chi connectivity index (χ1v) is 6.65. The topological polar surface area (TPSA) is 58.6 Å². The van der Waals surface area contributed by atoms with Crippen molar-refractivity contribution in [2.75, 3.05) is 38.0 Å². The number of anilines is 1. The Morgan fingerprint density at radius 1 is 1.53 bits per heavy atom. The number of rotatable bonds is 4. The van der Waals surface area contributed by atoms with E-state index in [0.29, 0.717) is 19.0 Å². The van der Waals surface area contributed by atoms with Crippen molar-refractivity contribution in [2.24, 2.45) is 0 Å². The Hall–Kier alpha value is -1.56. The summed E-state index contributed by atoms with van der Waals surface area (Å²) in [6.45, 7) is 1.24. The number of halogens is 1. The number of carbonyl (C=O) groups excluding carboxylic acids is 1. The molecule has 6 nitrogen and oxygen atoms in total. The molecule has 1 amide bonds. The smallest absolute Gasteiger partial charge is 0.237 e. The molecule has 1 unspecified atom stereocenters. The third-order valence-corrected chi connectivity index (χ3v) is 3.21. The molecule has 1 aromatic rings. The summed E-state index contributed by atoms with van der Waals surface area (Å²) in [6, 6.07) is 3.63. The quantitative estimate of drug-likeness (QED) is 0.764. The van der Waals surface area contributed by atoms with Gasteiger partial charge in [-0.2, -0.15) is 0 Å². The maximum Gasteiger partial charge on any atom is 0.237 e. The van der Waals surface area contributed by atoms with Crippen molar-refractivity contribution in [2.45, 2.75) is 12.5 Å². The molecule has 1 saturated heterocycles. The van der Waals surface area contributed by atoms with Gasteiger partial charge in [0.15, 0.2) is 5.82 Å². The molecule has 2 rings (SSSR count). The number of amides is 1. The van der Waals surface area contributed by atoms with E-state index in [1.807, 2.05) is 25.1 Å². The Morgan fingerprint density at radius 3 is 2.89 bits per heavy atom. The number of likely N-dealkylation sites (tertiary alicyclic amines) is 1. The van der Waals surface area contributed by atoms with Crippen LogP contribution in [0.1, 0.15) is 6.42 Å². The second-order valence-corrected chi connectivity index (χ2v) is 4.89. The van der Waals surface area contributed by atoms with E-state index in [2.05, 4.69) is 10.2 Å². The van der Waals surface area contributed by atoms with Crippen LogP contribution in [-0.2, 0) is 4.79 Å². The van der Waals surface area contributed by atoms with Gasteiger partial charge in [-0.25, -0.2) is 0 Å². The lowest BCUT2D eigenvalue weighted by Gasteiger charge is -2.16. The maximum atomic E-state index is 11.4. The van der Waals surface area contributed by atoms with Gasteiger partial charge in [0.2, 0.25) is 11.8 Å². The van der Waals surface area contributed by atoms with Gasteiger partial charge in [0.05, 0.1) is 6.54 Å². The van der Waals surface area contributed by atoms with E-state index in [1.54, 1.807) is 11.0 Å². The number of carbonyl (C=O) groups is 1. The van der Waals surface area contributed by atoms with E-state index >= 15 is 0 Å². The average molecular weight is 285 g/mol. The van der Waals surface area contributed by atoms with E-state index in [4.69, 9.17) is 16.3 Å². The van der Waals surface area contributed by atoms with E-state index in [1.165, 1.54) is 0 Å². The van der Waals surface area contributed by atoms with Crippen LogP contribution in [0.5, 0.6) is 5.88 Å². The highest BCUT2D eigenvalue weighted by Crippen LogP contribution is 2.17. The molecular formula is C12H17ClN4O2. The Bertz CT molecular complexity index is 438. The fraction of sp³-hybridized carbons (Fsp3) is 0.583. The summed E-state index contributed by atoms with van der Waals surface area (Å²) in [4.78, 5) is 15.0. The highest BCUT2D eigenvalue weighted by molar-refractivity contribution is 6.27. The first-order chi connectivity index (χ1) is 9.10. The normalized spacial score (nSPS) is 18.5. The molecule has 0 saturated carbocycles. The largest absolute Gasteiger partial charge is 0.471 e. The molecule has 1 atom stereocenters. The summed E-state index contributed by atoms with van der Waals surface area (Å²) in [6.07, 6.45) is 0.756. The van der Waals surface area contributed by atoms with Crippen LogP contribution in [0, 0.1) is 0 Å². The number of alkyl halides is 1. The molecule has 0 spiro atoms. The molecule has 1 aliphatic rings. The maximum absolute atomic E-state index is 11.4. The molecule has 0 bridgehead atoms. The zero-order valence-corrected chi connectivity index (χ0v) is 11.8. The van der Waals surface area contributed by atoms with Gasteiger partial charge in [0, 0.05) is 33.1 Å². The minimum absolute atomic E-state index is 0.0179. The van der Waals surface area contributed by atoms with Crippen molar-refractivity contribution in [3.8, 4) is 5.88 Å². The molecule has 19 heavy (non-hydrogen) atoms. The molecule has 0 N–H and O–H groups in total. The van der Waals surface area contributed by atoms with Crippen LogP contribution in [0.15, 0.2) is 12.1 Å². The number of hydrogen-bond donors (Lipinski definition) is 0. The average Bonchev–Trinajstić information content (AvgIpc) is 2.87. The van der Waals surface area contributed by atoms with Crippen molar-refractivity contribution in [3.63, 3.8) is 0 Å². The van der Waals surface area contributed by atoms with Gasteiger partial charge in [0.1, 0.15) is 12.0 Å². The standard InChI is InChI=1S/C12H17ClN4O2/c1-16(2)10-3-4-11(15-14-10)19-9-5-6-17(8-9)12(18)7-13/h3-4,9H,5-8H2,1-2H3. The Kier molecular flexibility index (Phi) is 4.42. The molecule has 1 aromatic heterocycles. The third-order valence-electron chi connectivity index (χ3n) is 2.98. The van der Waals surface area contributed by atoms with E-state index in [0.717, 1.165) is 12.2 Å². The van der Waals surface area contributed by atoms with Gasteiger partial charge in [-0.3, -0.25) is 4.79 Å². The Labute approximate surface area is 117 Å². The fourth-order valence-electron chi connectivity index (χ4n) is 1.92. The van der Waals surface area contributed by atoms with Gasteiger partial charge in [0.25, 0.3) is 0 Å². The predicted octanol–water partition coefficient (Wildman–Crippen LogP) is 0.761. The van der Waals surface area contributed by atoms with Crippen LogP contribution in [0.3, 0.4) is 0 Å². The lowest BCUT2D eigenvalue weighted by Crippen LogP contribution is -2.31. The first kappa shape index (κ1) is 13.9. The van der Waals surface area contributed by atoms with Crippen LogP contribution < -0.4 is 9.64 Å². The highest BCUT2D eigenvalue weighted by Gasteiger charge is 2.27. The van der Waals surface area contributed by atoms with E-state index < -0.39 is 0 Å². The van der Waals surface area contributed by atoms with Gasteiger partial charge in [-0.15, -0.1) is 21.8 Å². The number of nitrogens with zero attached hydrogens (tertiary/aromatic N) is 4. The number of aromatic nitrogens is 2. The van der Waals surface area contributed by atoms with Crippen LogP contribution in [-0.4, -0.2) is 60.2 Å². The van der Waals surface area contributed by atoms with E-state index in [9.17, 15) is 4.79 Å². The highest BCUT2D eigenvalue weighted by atomic mass is 35.5. The molecule has 1 fully saturated rings. The molecule has 0 aromatic carbocycles. The van der Waals surface area contributed by atoms with Gasteiger partial charge in [-0.05, 0) is 6.07 Å². The van der Waals surface area contributed by atoms with E-state index in [-0.39, 0.29) is 17.9 Å². The Morgan fingerprint density at radius 2 is 2.32 bits per heavy atom. The summed E-state index contributed by atoms with van der Waals surface area (Å²) in [5, 5.41) is 8.05. The minimum atomic E-state index is -0.0539. The minimum Gasteiger partial charge on any atom is -0.471 e. The van der Waals surface area contributed by atoms with Crippen LogP contribution in [0.25, 0.3) is 0 Å². The molecule has 7 heteroatoms. The van der Waals surface area contributed by atoms with Crippen LogP contribution in [0.4, 0.5) is 5.82 Å². The Balaban J connectivity index is 1.90. The first-order valence-electron chi connectivity index (χ1n) is 6.11. The lowest BCUT2D eigenvalue weighted by molar-refractivity contribution is -0.127. The van der Waals surface area contributed by atoms with Gasteiger partial charge >= 0.3 is 0 Å². The number of hydrogen-bond acceptors (Lipinski definition) is 5. The molecule has 0 aliphatic carbocycles. The molecule has 0 radical (unpaired) electrons. The van der Waals surface area contributed by atoms with Crippen LogP contribution in [0.2, 0.25) is 0 Å². The van der Waals surface area contributed by atoms with Crippen molar-refractivity contribution in [3.05, 3.63) is 12.1 Å². The monoisotopic (exact) mass is 284 g/mol. The molecule has 104 valence electrons. The van der Waals surface area contributed by atoms with Gasteiger partial charge in [-0.1, -0.05) is 0 Å². The fourth-order valence-corrected chi connectivity index (χ4v) is 2.09. The zero-order valence-electron chi connectivity index (χ0n) is 11.0. The summed E-state index contributed by atoms with van der Waals surface area (Å²) < 4.78 is 5.71. The summed E-state index contributed by atoms with van der Waals surface area (Å²) in [5.41, 5.74) is 0. The lowest BCUT2D eigenvalue weighted by atomic mass is 10.3. The van der Waals surface area contributed by atoms with Crippen molar-refractivity contribution >= 4 is 23.3 Å². The second kappa shape index (κ2) is 6.06. The summed E-state index contributed by atoms with van der Waals surface area (Å²) in [5.74, 6) is 1.22. The zero-order chi connectivity index (χ0) is 13.8.